The smallest absolute Gasteiger partial charge is 0.416 e. The maximum Gasteiger partial charge on any atom is 0.416 e. The molecule has 4 aromatic carbocycles. The van der Waals surface area contributed by atoms with Crippen molar-refractivity contribution in [2.45, 2.75) is 11.1 Å². The Bertz CT molecular complexity index is 1700. The minimum Gasteiger partial charge on any atom is -0.497 e. The predicted molar refractivity (Wildman–Crippen MR) is 166 cm³/mol. The van der Waals surface area contributed by atoms with Crippen LogP contribution in [0.5, 0.6) is 5.75 Å². The first-order valence-electron chi connectivity index (χ1n) is 12.9. The maximum absolute atomic E-state index is 13.4. The van der Waals surface area contributed by atoms with Crippen LogP contribution in [0.3, 0.4) is 0 Å². The third-order valence-electron chi connectivity index (χ3n) is 5.96. The van der Waals surface area contributed by atoms with Gasteiger partial charge in [-0.15, -0.1) is 11.8 Å². The number of carbonyl (C=O) groups is 3. The molecule has 44 heavy (non-hydrogen) atoms. The normalized spacial score (nSPS) is 11.4. The highest BCUT2D eigenvalue weighted by atomic mass is 35.5. The molecule has 0 saturated heterocycles. The molecular formula is C32H25ClF3N3O4S. The first-order chi connectivity index (χ1) is 21.0. The van der Waals surface area contributed by atoms with Crippen LogP contribution in [0.2, 0.25) is 5.02 Å². The SMILES string of the molecule is COc1cccc(/C=C(\NC(=O)c2ccccc2)C(=O)Nc2cccc(SCC(=O)Nc3cc(C(F)(F)F)ccc3Cl)c2)c1. The second-order valence-corrected chi connectivity index (χ2v) is 10.6. The summed E-state index contributed by atoms with van der Waals surface area (Å²) < 4.78 is 44.4. The topological polar surface area (TPSA) is 96.5 Å². The molecule has 0 spiro atoms. The zero-order chi connectivity index (χ0) is 31.7. The molecule has 0 atom stereocenters. The van der Waals surface area contributed by atoms with Crippen LogP contribution in [0, 0.1) is 0 Å². The molecule has 4 rings (SSSR count). The first kappa shape index (κ1) is 32.2. The summed E-state index contributed by atoms with van der Waals surface area (Å²) in [4.78, 5) is 39.3. The standard InChI is InChI=1S/C32H25ClF3N3O4S/c1-43-24-11-5-7-20(15-24)16-28(39-30(41)21-8-3-2-4-9-21)31(42)37-23-10-6-12-25(18-23)44-19-29(40)38-27-17-22(32(34,35)36)13-14-26(27)33/h2-18H,19H2,1H3,(H,37,42)(H,38,40)(H,39,41)/b28-16-. The quantitative estimate of drug-likeness (QED) is 0.123. The number of nitrogens with one attached hydrogen (secondary N) is 3. The fourth-order valence-corrected chi connectivity index (χ4v) is 4.75. The summed E-state index contributed by atoms with van der Waals surface area (Å²) in [7, 11) is 1.52. The summed E-state index contributed by atoms with van der Waals surface area (Å²) in [5.74, 6) is -1.23. The van der Waals surface area contributed by atoms with Crippen molar-refractivity contribution in [1.82, 2.24) is 5.32 Å². The van der Waals surface area contributed by atoms with Gasteiger partial charge in [-0.25, -0.2) is 0 Å². The zero-order valence-electron chi connectivity index (χ0n) is 23.1. The molecule has 0 fully saturated rings. The molecule has 12 heteroatoms. The molecule has 0 aliphatic rings. The number of thioether (sulfide) groups is 1. The highest BCUT2D eigenvalue weighted by molar-refractivity contribution is 8.00. The number of methoxy groups -OCH3 is 1. The van der Waals surface area contributed by atoms with Crippen molar-refractivity contribution in [3.05, 3.63) is 124 Å². The number of ether oxygens (including phenoxy) is 1. The Kier molecular flexibility index (Phi) is 10.7. The molecule has 0 aromatic heterocycles. The van der Waals surface area contributed by atoms with Crippen LogP contribution in [0.15, 0.2) is 108 Å². The number of alkyl halides is 3. The lowest BCUT2D eigenvalue weighted by molar-refractivity contribution is -0.137. The Morgan fingerprint density at radius 3 is 2.36 bits per heavy atom. The molecule has 3 amide bonds. The van der Waals surface area contributed by atoms with Gasteiger partial charge in [-0.2, -0.15) is 13.2 Å². The molecule has 7 nitrogen and oxygen atoms in total. The fraction of sp³-hybridized carbons (Fsp3) is 0.0938. The summed E-state index contributed by atoms with van der Waals surface area (Å²) in [6, 6.07) is 24.7. The number of benzene rings is 4. The lowest BCUT2D eigenvalue weighted by Crippen LogP contribution is -2.30. The van der Waals surface area contributed by atoms with Gasteiger partial charge in [-0.3, -0.25) is 14.4 Å². The molecule has 0 aliphatic carbocycles. The number of amides is 3. The summed E-state index contributed by atoms with van der Waals surface area (Å²) in [5, 5.41) is 7.79. The summed E-state index contributed by atoms with van der Waals surface area (Å²) in [6.07, 6.45) is -3.07. The Morgan fingerprint density at radius 2 is 1.64 bits per heavy atom. The molecule has 226 valence electrons. The number of carbonyl (C=O) groups excluding carboxylic acids is 3. The molecule has 3 N–H and O–H groups in total. The average molecular weight is 640 g/mol. The van der Waals surface area contributed by atoms with E-state index in [1.807, 2.05) is 0 Å². The van der Waals surface area contributed by atoms with Crippen molar-refractivity contribution in [3.63, 3.8) is 0 Å². The van der Waals surface area contributed by atoms with Gasteiger partial charge in [-0.1, -0.05) is 48.0 Å². The van der Waals surface area contributed by atoms with E-state index in [0.29, 0.717) is 27.5 Å². The van der Waals surface area contributed by atoms with Crippen molar-refractivity contribution in [2.75, 3.05) is 23.5 Å². The highest BCUT2D eigenvalue weighted by Gasteiger charge is 2.31. The van der Waals surface area contributed by atoms with Crippen molar-refractivity contribution >= 4 is 58.5 Å². The van der Waals surface area contributed by atoms with E-state index >= 15 is 0 Å². The van der Waals surface area contributed by atoms with E-state index in [4.69, 9.17) is 16.3 Å². The molecule has 0 heterocycles. The predicted octanol–water partition coefficient (Wildman–Crippen LogP) is 7.51. The Hall–Kier alpha value is -4.74. The lowest BCUT2D eigenvalue weighted by atomic mass is 10.1. The summed E-state index contributed by atoms with van der Waals surface area (Å²) in [5.41, 5.74) is 0.238. The molecule has 0 saturated carbocycles. The number of halogens is 4. The molecule has 0 bridgehead atoms. The van der Waals surface area contributed by atoms with E-state index in [-0.39, 0.29) is 22.2 Å². The van der Waals surface area contributed by atoms with Gasteiger partial charge in [0.15, 0.2) is 0 Å². The molecule has 0 radical (unpaired) electrons. The van der Waals surface area contributed by atoms with E-state index in [9.17, 15) is 27.6 Å². The van der Waals surface area contributed by atoms with Crippen LogP contribution in [0.25, 0.3) is 6.08 Å². The van der Waals surface area contributed by atoms with Crippen molar-refractivity contribution in [1.29, 1.82) is 0 Å². The van der Waals surface area contributed by atoms with Crippen molar-refractivity contribution in [2.24, 2.45) is 0 Å². The Morgan fingerprint density at radius 1 is 0.886 bits per heavy atom. The van der Waals surface area contributed by atoms with Gasteiger partial charge >= 0.3 is 6.18 Å². The van der Waals surface area contributed by atoms with Crippen molar-refractivity contribution in [3.8, 4) is 5.75 Å². The largest absolute Gasteiger partial charge is 0.497 e. The van der Waals surface area contributed by atoms with Gasteiger partial charge in [0, 0.05) is 16.1 Å². The van der Waals surface area contributed by atoms with E-state index in [2.05, 4.69) is 16.0 Å². The first-order valence-corrected chi connectivity index (χ1v) is 14.3. The van der Waals surface area contributed by atoms with Gasteiger partial charge in [0.1, 0.15) is 11.4 Å². The molecule has 0 unspecified atom stereocenters. The van der Waals surface area contributed by atoms with E-state index in [1.165, 1.54) is 13.2 Å². The fourth-order valence-electron chi connectivity index (χ4n) is 3.84. The third-order valence-corrected chi connectivity index (χ3v) is 7.29. The number of hydrogen-bond acceptors (Lipinski definition) is 5. The molecule has 4 aromatic rings. The van der Waals surface area contributed by atoms with Gasteiger partial charge in [0.25, 0.3) is 11.8 Å². The molecule has 0 aliphatic heterocycles. The minimum absolute atomic E-state index is 0.0255. The average Bonchev–Trinajstić information content (AvgIpc) is 3.01. The second kappa shape index (κ2) is 14.6. The number of anilines is 2. The van der Waals surface area contributed by atoms with Crippen LogP contribution < -0.4 is 20.7 Å². The van der Waals surface area contributed by atoms with E-state index in [0.717, 1.165) is 30.0 Å². The van der Waals surface area contributed by atoms with E-state index in [1.54, 1.807) is 78.9 Å². The second-order valence-electron chi connectivity index (χ2n) is 9.17. The lowest BCUT2D eigenvalue weighted by Gasteiger charge is -2.13. The van der Waals surface area contributed by atoms with Crippen LogP contribution in [-0.4, -0.2) is 30.6 Å². The monoisotopic (exact) mass is 639 g/mol. The zero-order valence-corrected chi connectivity index (χ0v) is 24.6. The van der Waals surface area contributed by atoms with Crippen LogP contribution in [0.1, 0.15) is 21.5 Å². The Labute approximate surface area is 260 Å². The van der Waals surface area contributed by atoms with Crippen LogP contribution in [-0.2, 0) is 15.8 Å². The van der Waals surface area contributed by atoms with E-state index < -0.39 is 29.5 Å². The highest BCUT2D eigenvalue weighted by Crippen LogP contribution is 2.34. The minimum atomic E-state index is -4.59. The molecular weight excluding hydrogens is 615 g/mol. The number of rotatable bonds is 10. The third kappa shape index (κ3) is 9.13. The van der Waals surface area contributed by atoms with Crippen LogP contribution >= 0.6 is 23.4 Å². The van der Waals surface area contributed by atoms with Gasteiger partial charge in [-0.05, 0) is 72.3 Å². The Balaban J connectivity index is 1.46. The summed E-state index contributed by atoms with van der Waals surface area (Å²) >= 11 is 7.07. The van der Waals surface area contributed by atoms with Gasteiger partial charge < -0.3 is 20.7 Å². The summed E-state index contributed by atoms with van der Waals surface area (Å²) in [6.45, 7) is 0. The number of hydrogen-bond donors (Lipinski definition) is 3. The van der Waals surface area contributed by atoms with Crippen LogP contribution in [0.4, 0.5) is 24.5 Å². The van der Waals surface area contributed by atoms with Gasteiger partial charge in [0.05, 0.1) is 29.1 Å². The maximum atomic E-state index is 13.4. The van der Waals surface area contributed by atoms with Gasteiger partial charge in [0.2, 0.25) is 5.91 Å². The van der Waals surface area contributed by atoms with Crippen molar-refractivity contribution < 1.29 is 32.3 Å².